The Morgan fingerprint density at radius 2 is 2.00 bits per heavy atom. The van der Waals surface area contributed by atoms with Crippen LogP contribution < -0.4 is 4.74 Å². The van der Waals surface area contributed by atoms with Crippen LogP contribution in [0.3, 0.4) is 0 Å². The van der Waals surface area contributed by atoms with Crippen molar-refractivity contribution >= 4 is 27.4 Å². The molecular weight excluding hydrogens is 236 g/mol. The van der Waals surface area contributed by atoms with Crippen LogP contribution in [0, 0.1) is 0 Å². The Kier molecular flexibility index (Phi) is 2.54. The van der Waals surface area contributed by atoms with Gasteiger partial charge in [0.2, 0.25) is 0 Å². The molecule has 0 saturated carbocycles. The van der Waals surface area contributed by atoms with Gasteiger partial charge in [-0.05, 0) is 16.8 Å². The third-order valence-corrected chi connectivity index (χ3v) is 3.47. The number of aliphatic hydroxyl groups excluding tert-OH is 1. The van der Waals surface area contributed by atoms with Crippen LogP contribution in [0.25, 0.3) is 15.8 Å². The highest BCUT2D eigenvalue weighted by Gasteiger charge is 2.20. The van der Waals surface area contributed by atoms with E-state index in [0.29, 0.717) is 11.6 Å². The molecule has 0 spiro atoms. The predicted molar refractivity (Wildman–Crippen MR) is 69.3 cm³/mol. The molecule has 0 fully saturated rings. The number of rotatable bonds is 1. The molecule has 0 aliphatic carbocycles. The third-order valence-electron chi connectivity index (χ3n) is 3.01. The van der Waals surface area contributed by atoms with Gasteiger partial charge in [-0.1, -0.05) is 41.9 Å². The number of ether oxygens (including phenoxy) is 1. The quantitative estimate of drug-likeness (QED) is 0.838. The molecular formula is C14H11ClO2. The molecule has 2 aromatic rings. The molecule has 0 saturated heterocycles. The minimum Gasteiger partial charge on any atom is -0.488 e. The minimum absolute atomic E-state index is 0.0680. The normalized spacial score (nSPS) is 14.7. The van der Waals surface area contributed by atoms with Gasteiger partial charge in [0.05, 0.1) is 11.6 Å². The van der Waals surface area contributed by atoms with Crippen molar-refractivity contribution in [3.63, 3.8) is 0 Å². The fraction of sp³-hybridized carbons (Fsp3) is 0.143. The summed E-state index contributed by atoms with van der Waals surface area (Å²) in [5, 5.41) is 12.0. The lowest BCUT2D eigenvalue weighted by atomic mass is 9.99. The monoisotopic (exact) mass is 246 g/mol. The number of hydrogen-bond donors (Lipinski definition) is 1. The summed E-state index contributed by atoms with van der Waals surface area (Å²) < 4.78 is 5.60. The lowest BCUT2D eigenvalue weighted by Crippen LogP contribution is -2.12. The first kappa shape index (κ1) is 10.6. The van der Waals surface area contributed by atoms with Crippen LogP contribution >= 0.6 is 11.6 Å². The minimum atomic E-state index is -0.0680. The summed E-state index contributed by atoms with van der Waals surface area (Å²) in [6.07, 6.45) is 0. The Balaban J connectivity index is 2.36. The maximum atomic E-state index is 9.24. The highest BCUT2D eigenvalue weighted by molar-refractivity contribution is 6.50. The molecule has 2 aromatic carbocycles. The topological polar surface area (TPSA) is 29.5 Å². The van der Waals surface area contributed by atoms with E-state index in [1.807, 2.05) is 36.4 Å². The van der Waals surface area contributed by atoms with E-state index in [-0.39, 0.29) is 6.61 Å². The van der Waals surface area contributed by atoms with Crippen molar-refractivity contribution in [2.75, 3.05) is 13.2 Å². The number of halogens is 1. The van der Waals surface area contributed by atoms with Crippen LogP contribution in [0.2, 0.25) is 0 Å². The molecule has 3 heteroatoms. The first-order valence-electron chi connectivity index (χ1n) is 5.44. The van der Waals surface area contributed by atoms with Crippen LogP contribution in [-0.2, 0) is 0 Å². The third kappa shape index (κ3) is 1.61. The van der Waals surface area contributed by atoms with E-state index in [4.69, 9.17) is 16.3 Å². The van der Waals surface area contributed by atoms with E-state index in [9.17, 15) is 5.11 Å². The summed E-state index contributed by atoms with van der Waals surface area (Å²) in [5.74, 6) is 0.783. The molecule has 1 N–H and O–H groups in total. The van der Waals surface area contributed by atoms with Gasteiger partial charge in [-0.25, -0.2) is 0 Å². The summed E-state index contributed by atoms with van der Waals surface area (Å²) in [7, 11) is 0. The highest BCUT2D eigenvalue weighted by Crippen LogP contribution is 2.40. The van der Waals surface area contributed by atoms with Gasteiger partial charge in [-0.15, -0.1) is 0 Å². The van der Waals surface area contributed by atoms with Gasteiger partial charge in [-0.3, -0.25) is 0 Å². The van der Waals surface area contributed by atoms with Gasteiger partial charge in [0.25, 0.3) is 0 Å². The number of benzene rings is 2. The zero-order valence-corrected chi connectivity index (χ0v) is 9.87. The maximum Gasteiger partial charge on any atom is 0.129 e. The van der Waals surface area contributed by atoms with Crippen LogP contribution in [0.5, 0.6) is 5.75 Å². The molecule has 3 rings (SSSR count). The molecule has 2 nitrogen and oxygen atoms in total. The predicted octanol–water partition coefficient (Wildman–Crippen LogP) is 3.17. The van der Waals surface area contributed by atoms with Gasteiger partial charge in [0, 0.05) is 11.1 Å². The standard InChI is InChI=1S/C14H11ClO2/c15-14-10(7-16)8-17-12-6-5-9-3-1-2-4-11(9)13(12)14/h1-6,16H,7-8H2. The molecule has 86 valence electrons. The Morgan fingerprint density at radius 1 is 1.18 bits per heavy atom. The fourth-order valence-electron chi connectivity index (χ4n) is 2.12. The molecule has 1 heterocycles. The van der Waals surface area contributed by atoms with E-state index in [2.05, 4.69) is 0 Å². The molecule has 17 heavy (non-hydrogen) atoms. The first-order chi connectivity index (χ1) is 8.31. The molecule has 1 aliphatic rings. The first-order valence-corrected chi connectivity index (χ1v) is 5.82. The van der Waals surface area contributed by atoms with Crippen molar-refractivity contribution in [3.05, 3.63) is 47.5 Å². The van der Waals surface area contributed by atoms with Crippen LogP contribution in [0.1, 0.15) is 5.56 Å². The van der Waals surface area contributed by atoms with Crippen molar-refractivity contribution in [2.24, 2.45) is 0 Å². The smallest absolute Gasteiger partial charge is 0.129 e. The van der Waals surface area contributed by atoms with Gasteiger partial charge in [-0.2, -0.15) is 0 Å². The highest BCUT2D eigenvalue weighted by atomic mass is 35.5. The average Bonchev–Trinajstić information content (AvgIpc) is 2.38. The molecule has 0 radical (unpaired) electrons. The van der Waals surface area contributed by atoms with E-state index in [1.165, 1.54) is 0 Å². The Bertz CT molecular complexity index is 617. The summed E-state index contributed by atoms with van der Waals surface area (Å²) in [6, 6.07) is 12.0. The van der Waals surface area contributed by atoms with Gasteiger partial charge in [0.15, 0.2) is 0 Å². The van der Waals surface area contributed by atoms with Crippen molar-refractivity contribution in [1.82, 2.24) is 0 Å². The van der Waals surface area contributed by atoms with Crippen molar-refractivity contribution in [2.45, 2.75) is 0 Å². The summed E-state index contributed by atoms with van der Waals surface area (Å²) >= 11 is 6.33. The molecule has 0 atom stereocenters. The largest absolute Gasteiger partial charge is 0.488 e. The van der Waals surface area contributed by atoms with Gasteiger partial charge >= 0.3 is 0 Å². The number of hydrogen-bond acceptors (Lipinski definition) is 2. The second kappa shape index (κ2) is 4.06. The zero-order valence-electron chi connectivity index (χ0n) is 9.11. The van der Waals surface area contributed by atoms with Crippen LogP contribution in [0.4, 0.5) is 0 Å². The van der Waals surface area contributed by atoms with Crippen LogP contribution in [0.15, 0.2) is 42.0 Å². The average molecular weight is 247 g/mol. The summed E-state index contributed by atoms with van der Waals surface area (Å²) in [4.78, 5) is 0. The van der Waals surface area contributed by atoms with E-state index >= 15 is 0 Å². The van der Waals surface area contributed by atoms with E-state index < -0.39 is 0 Å². The summed E-state index contributed by atoms with van der Waals surface area (Å²) in [5.41, 5.74) is 1.62. The lowest BCUT2D eigenvalue weighted by molar-refractivity contribution is 0.285. The Hall–Kier alpha value is -1.51. The van der Waals surface area contributed by atoms with Crippen LogP contribution in [-0.4, -0.2) is 18.3 Å². The summed E-state index contributed by atoms with van der Waals surface area (Å²) in [6.45, 7) is 0.294. The van der Waals surface area contributed by atoms with Gasteiger partial charge < -0.3 is 9.84 Å². The second-order valence-corrected chi connectivity index (χ2v) is 4.40. The SMILES string of the molecule is OCC1=C(Cl)c2c(ccc3ccccc23)OC1. The van der Waals surface area contributed by atoms with E-state index in [1.54, 1.807) is 0 Å². The molecule has 0 amide bonds. The number of aliphatic hydroxyl groups is 1. The molecule has 1 aliphatic heterocycles. The maximum absolute atomic E-state index is 9.24. The van der Waals surface area contributed by atoms with Crippen molar-refractivity contribution in [1.29, 1.82) is 0 Å². The second-order valence-electron chi connectivity index (χ2n) is 4.02. The Morgan fingerprint density at radius 3 is 2.82 bits per heavy atom. The lowest BCUT2D eigenvalue weighted by Gasteiger charge is -2.21. The fourth-order valence-corrected chi connectivity index (χ4v) is 2.43. The zero-order chi connectivity index (χ0) is 11.8. The number of fused-ring (bicyclic) bond motifs is 3. The van der Waals surface area contributed by atoms with Gasteiger partial charge in [0.1, 0.15) is 12.4 Å². The van der Waals surface area contributed by atoms with Crippen molar-refractivity contribution < 1.29 is 9.84 Å². The molecule has 0 bridgehead atoms. The van der Waals surface area contributed by atoms with Crippen molar-refractivity contribution in [3.8, 4) is 5.75 Å². The Labute approximate surface area is 104 Å². The molecule has 0 aromatic heterocycles. The van der Waals surface area contributed by atoms with E-state index in [0.717, 1.165) is 27.7 Å². The molecule has 0 unspecified atom stereocenters.